The number of hydrogen-bond acceptors (Lipinski definition) is 13. The molecule has 0 fully saturated rings. The third-order valence-corrected chi connectivity index (χ3v) is 9.81. The molecule has 1 rings (SSSR count). The Morgan fingerprint density at radius 2 is 0.775 bits per heavy atom. The maximum atomic E-state index is 5.80. The molecule has 1 aliphatic rings. The van der Waals surface area contributed by atoms with Crippen LogP contribution in [0.2, 0.25) is 0 Å². The number of hydrogen-bond donors (Lipinski definition) is 4. The highest BCUT2D eigenvalue weighted by Gasteiger charge is 2.11. The Morgan fingerprint density at radius 1 is 0.465 bits per heavy atom. The lowest BCUT2D eigenvalue weighted by molar-refractivity contribution is 0.00300. The first-order chi connectivity index (χ1) is 34.8. The molecule has 0 amide bonds. The average Bonchev–Trinajstić information content (AvgIpc) is 4.22. The van der Waals surface area contributed by atoms with Gasteiger partial charge in [-0.25, -0.2) is 0 Å². The number of rotatable bonds is 48. The molecule has 13 nitrogen and oxygen atoms in total. The van der Waals surface area contributed by atoms with Gasteiger partial charge in [-0.1, -0.05) is 136 Å². The third kappa shape index (κ3) is 69.4. The Morgan fingerprint density at radius 3 is 1.11 bits per heavy atom. The van der Waals surface area contributed by atoms with Crippen LogP contribution in [0.25, 0.3) is 0 Å². The molecule has 0 aromatic rings. The molecule has 0 aliphatic heterocycles. The van der Waals surface area contributed by atoms with Crippen LogP contribution in [-0.4, -0.2) is 157 Å². The van der Waals surface area contributed by atoms with Crippen molar-refractivity contribution >= 4 is 13.4 Å². The summed E-state index contributed by atoms with van der Waals surface area (Å²) in [6.45, 7) is 49.3. The van der Waals surface area contributed by atoms with Crippen LogP contribution in [0.3, 0.4) is 0 Å². The molecule has 13 heteroatoms. The molecule has 0 saturated carbocycles. The molecule has 4 N–H and O–H groups in total. The van der Waals surface area contributed by atoms with E-state index in [1.807, 2.05) is 13.8 Å². The van der Waals surface area contributed by atoms with Crippen LogP contribution in [0.4, 0.5) is 0 Å². The number of ether oxygens (including phenoxy) is 8. The normalized spacial score (nSPS) is 11.5. The maximum absolute atomic E-state index is 5.80. The minimum Gasteiger partial charge on any atom is -0.388 e. The molecule has 0 unspecified atom stereocenters. The van der Waals surface area contributed by atoms with Crippen molar-refractivity contribution in [1.29, 1.82) is 10.8 Å². The van der Waals surface area contributed by atoms with Gasteiger partial charge in [0.05, 0.1) is 92.5 Å². The van der Waals surface area contributed by atoms with Crippen molar-refractivity contribution in [2.24, 2.45) is 0 Å². The standard InChI is InChI=1S/C32H59N2O6.C19H37NO2.C3H8.C2H6.2CH3N/c1-5-7-8-9-32(30(3)4)29-33-13-18-36-22-26-40-28-24-38-20-16-34(14-12-31-10-11-31)15-19-37-23-27-39-25-21-35-17-6-2;1-5-7-8-9-10-11-19(18(3)4)17-20-12-14-22-16-15-21-13-6-2;1-3-2;3*1-2/h10-11,29,33H,3,5-9,12-28H2,1-2,4H3;17,20H,3,5-16H2,1-2,4H3;3H2,1-2H3;1-2H3;2*2H,1H2/b32-29-;19-17-;;;;. The monoisotopic (exact) mass is 1010 g/mol. The van der Waals surface area contributed by atoms with E-state index in [-0.39, 0.29) is 0 Å². The van der Waals surface area contributed by atoms with Crippen LogP contribution in [0.15, 0.2) is 59.5 Å². The van der Waals surface area contributed by atoms with E-state index in [1.54, 1.807) is 0 Å². The molecule has 1 aliphatic carbocycles. The van der Waals surface area contributed by atoms with E-state index in [0.29, 0.717) is 92.5 Å². The van der Waals surface area contributed by atoms with Crippen LogP contribution in [0.5, 0.6) is 0 Å². The topological polar surface area (TPSA) is 149 Å². The molecule has 1 radical (unpaired) electrons. The quantitative estimate of drug-likeness (QED) is 0.0262. The van der Waals surface area contributed by atoms with Gasteiger partial charge in [0, 0.05) is 52.4 Å². The zero-order chi connectivity index (χ0) is 54.1. The molecule has 0 aromatic carbocycles. The first-order valence-electron chi connectivity index (χ1n) is 27.6. The minimum absolute atomic E-state index is 0.581. The fraction of sp³-hybridized carbons (Fsp3) is 0.776. The Bertz CT molecular complexity index is 1150. The summed E-state index contributed by atoms with van der Waals surface area (Å²) in [7, 11) is 0. The van der Waals surface area contributed by atoms with Gasteiger partial charge >= 0.3 is 0 Å². The fourth-order valence-corrected chi connectivity index (χ4v) is 5.88. The summed E-state index contributed by atoms with van der Waals surface area (Å²) < 4.78 is 44.6. The molecule has 0 atom stereocenters. The van der Waals surface area contributed by atoms with E-state index in [9.17, 15) is 0 Å². The van der Waals surface area contributed by atoms with Gasteiger partial charge in [-0.15, -0.1) is 0 Å². The van der Waals surface area contributed by atoms with Crippen molar-refractivity contribution in [1.82, 2.24) is 15.5 Å². The zero-order valence-electron chi connectivity index (χ0n) is 48.1. The Balaban J connectivity index is -0.000000394. The first-order valence-corrected chi connectivity index (χ1v) is 27.6. The van der Waals surface area contributed by atoms with Crippen molar-refractivity contribution in [3.8, 4) is 0 Å². The summed E-state index contributed by atoms with van der Waals surface area (Å²) in [4.78, 5) is 2.40. The van der Waals surface area contributed by atoms with Crippen LogP contribution in [0, 0.1) is 17.2 Å². The van der Waals surface area contributed by atoms with Gasteiger partial charge in [0.1, 0.15) is 0 Å². The lowest BCUT2D eigenvalue weighted by Gasteiger charge is -2.22. The van der Waals surface area contributed by atoms with Gasteiger partial charge in [-0.05, 0) is 95.8 Å². The molecule has 0 bridgehead atoms. The maximum Gasteiger partial charge on any atom is 0.0701 e. The van der Waals surface area contributed by atoms with Crippen molar-refractivity contribution in [3.05, 3.63) is 65.9 Å². The molecule has 0 spiro atoms. The van der Waals surface area contributed by atoms with Gasteiger partial charge < -0.3 is 59.3 Å². The summed E-state index contributed by atoms with van der Waals surface area (Å²) >= 11 is 0. The van der Waals surface area contributed by atoms with Gasteiger partial charge in [-0.3, -0.25) is 4.90 Å². The van der Waals surface area contributed by atoms with E-state index in [4.69, 9.17) is 48.7 Å². The highest BCUT2D eigenvalue weighted by Crippen LogP contribution is 2.21. The Hall–Kier alpha value is -2.72. The second kappa shape index (κ2) is 71.5. The molecule has 71 heavy (non-hydrogen) atoms. The van der Waals surface area contributed by atoms with Crippen molar-refractivity contribution in [2.75, 3.05) is 138 Å². The van der Waals surface area contributed by atoms with Crippen molar-refractivity contribution in [3.63, 3.8) is 0 Å². The smallest absolute Gasteiger partial charge is 0.0701 e. The number of allylic oxidation sites excluding steroid dienone is 5. The molecular weight excluding hydrogens is 895 g/mol. The fourth-order valence-electron chi connectivity index (χ4n) is 5.88. The van der Waals surface area contributed by atoms with E-state index in [1.165, 1.54) is 74.5 Å². The van der Waals surface area contributed by atoms with Crippen LogP contribution < -0.4 is 10.6 Å². The zero-order valence-corrected chi connectivity index (χ0v) is 48.1. The number of unbranched alkanes of at least 4 members (excludes halogenated alkanes) is 6. The summed E-state index contributed by atoms with van der Waals surface area (Å²) in [5.41, 5.74) is 6.38. The predicted octanol–water partition coefficient (Wildman–Crippen LogP) is 12.8. The Labute approximate surface area is 439 Å². The van der Waals surface area contributed by atoms with Gasteiger partial charge in [0.15, 0.2) is 0 Å². The van der Waals surface area contributed by atoms with Crippen molar-refractivity contribution < 1.29 is 37.9 Å². The van der Waals surface area contributed by atoms with Crippen molar-refractivity contribution in [2.45, 2.75) is 159 Å². The Kier molecular flexibility index (Phi) is 77.8. The summed E-state index contributed by atoms with van der Waals surface area (Å²) in [6.07, 6.45) is 25.5. The van der Waals surface area contributed by atoms with Crippen LogP contribution in [-0.2, 0) is 37.9 Å². The highest BCUT2D eigenvalue weighted by atomic mass is 16.6. The number of nitrogens with one attached hydrogen (secondary N) is 4. The lowest BCUT2D eigenvalue weighted by Crippen LogP contribution is -2.32. The van der Waals surface area contributed by atoms with E-state index in [2.05, 4.69) is 122 Å². The molecular formula is C58H116N5O8. The first kappa shape index (κ1) is 77.2. The third-order valence-electron chi connectivity index (χ3n) is 9.81. The second-order valence-corrected chi connectivity index (χ2v) is 16.5. The van der Waals surface area contributed by atoms with Crippen LogP contribution in [0.1, 0.15) is 159 Å². The van der Waals surface area contributed by atoms with Gasteiger partial charge in [0.2, 0.25) is 0 Å². The predicted molar refractivity (Wildman–Crippen MR) is 307 cm³/mol. The van der Waals surface area contributed by atoms with Gasteiger partial charge in [-0.2, -0.15) is 0 Å². The van der Waals surface area contributed by atoms with E-state index >= 15 is 0 Å². The minimum atomic E-state index is 0.581. The molecule has 0 aromatic heterocycles. The average molecular weight is 1010 g/mol. The SMILES string of the molecule is C=C(C)/C(=C\NCCOCCOCCC)CCCCCCC.C=C(C)/C(=C\NCCOCCOCCOCCN(CCOCCOCCOCCC)CCC1=C[CH]1)CCCCC.C=N.C=N.CC.CCC. The molecule has 421 valence electrons. The second-order valence-electron chi connectivity index (χ2n) is 16.5. The summed E-state index contributed by atoms with van der Waals surface area (Å²) in [6, 6.07) is 0. The van der Waals surface area contributed by atoms with E-state index < -0.39 is 0 Å². The molecule has 0 heterocycles. The number of nitrogens with zero attached hydrogens (tertiary/aromatic N) is 1. The molecule has 0 saturated heterocycles. The highest BCUT2D eigenvalue weighted by molar-refractivity contribution is 5.38. The summed E-state index contributed by atoms with van der Waals surface area (Å²) in [5.74, 6) is 0. The summed E-state index contributed by atoms with van der Waals surface area (Å²) in [5, 5.41) is 17.7. The van der Waals surface area contributed by atoms with Crippen LogP contribution >= 0.6 is 0 Å². The van der Waals surface area contributed by atoms with E-state index in [0.717, 1.165) is 89.2 Å². The van der Waals surface area contributed by atoms with Gasteiger partial charge in [0.25, 0.3) is 0 Å². The lowest BCUT2D eigenvalue weighted by atomic mass is 10.0. The largest absolute Gasteiger partial charge is 0.388 e.